The number of hydrogen-bond donors (Lipinski definition) is 1. The van der Waals surface area contributed by atoms with Crippen LogP contribution in [-0.4, -0.2) is 12.6 Å². The van der Waals surface area contributed by atoms with Crippen LogP contribution in [0.4, 0.5) is 4.39 Å². The lowest BCUT2D eigenvalue weighted by Crippen LogP contribution is -2.24. The van der Waals surface area contributed by atoms with Crippen LogP contribution < -0.4 is 5.73 Å². The zero-order chi connectivity index (χ0) is 10.4. The van der Waals surface area contributed by atoms with Gasteiger partial charge in [-0.2, -0.15) is 0 Å². The Hall–Kier alpha value is -0.930. The molecule has 0 heterocycles. The van der Waals surface area contributed by atoms with E-state index in [0.717, 1.165) is 12.0 Å². The van der Waals surface area contributed by atoms with E-state index in [4.69, 9.17) is 10.5 Å². The van der Waals surface area contributed by atoms with Gasteiger partial charge in [0.15, 0.2) is 0 Å². The summed E-state index contributed by atoms with van der Waals surface area (Å²) in [6.45, 7) is 3.06. The molecule has 2 nitrogen and oxygen atoms in total. The highest BCUT2D eigenvalue weighted by atomic mass is 19.1. The first-order valence-corrected chi connectivity index (χ1v) is 4.80. The van der Waals surface area contributed by atoms with Gasteiger partial charge in [-0.15, -0.1) is 0 Å². The summed E-state index contributed by atoms with van der Waals surface area (Å²) in [6.07, 6.45) is 0.906. The van der Waals surface area contributed by atoms with Gasteiger partial charge in [-0.05, 0) is 24.1 Å². The van der Waals surface area contributed by atoms with Gasteiger partial charge in [0.05, 0.1) is 13.2 Å². The fourth-order valence-electron chi connectivity index (χ4n) is 1.03. The van der Waals surface area contributed by atoms with Crippen LogP contribution in [0.1, 0.15) is 18.9 Å². The van der Waals surface area contributed by atoms with Crippen molar-refractivity contribution < 1.29 is 9.13 Å². The summed E-state index contributed by atoms with van der Waals surface area (Å²) in [4.78, 5) is 0. The van der Waals surface area contributed by atoms with Crippen LogP contribution in [-0.2, 0) is 11.3 Å². The standard InChI is InChI=1S/C11H16FNO/c1-2-11(13)8-14-7-9-3-5-10(12)6-4-9/h3-6,11H,2,7-8,13H2,1H3/t11-/m0/s1. The van der Waals surface area contributed by atoms with E-state index in [-0.39, 0.29) is 11.9 Å². The number of ether oxygens (including phenoxy) is 1. The molecule has 0 aliphatic heterocycles. The molecule has 0 radical (unpaired) electrons. The van der Waals surface area contributed by atoms with Crippen LogP contribution in [0, 0.1) is 5.82 Å². The summed E-state index contributed by atoms with van der Waals surface area (Å²) in [6, 6.07) is 6.38. The van der Waals surface area contributed by atoms with E-state index in [1.54, 1.807) is 12.1 Å². The highest BCUT2D eigenvalue weighted by molar-refractivity contribution is 5.14. The van der Waals surface area contributed by atoms with Crippen molar-refractivity contribution in [2.45, 2.75) is 26.0 Å². The van der Waals surface area contributed by atoms with Gasteiger partial charge in [0.2, 0.25) is 0 Å². The lowest BCUT2D eigenvalue weighted by molar-refractivity contribution is 0.107. The topological polar surface area (TPSA) is 35.2 Å². The minimum atomic E-state index is -0.223. The van der Waals surface area contributed by atoms with Crippen molar-refractivity contribution in [3.63, 3.8) is 0 Å². The molecule has 0 aliphatic rings. The maximum atomic E-state index is 12.5. The Morgan fingerprint density at radius 2 is 2.00 bits per heavy atom. The second-order valence-electron chi connectivity index (χ2n) is 3.31. The Morgan fingerprint density at radius 1 is 1.36 bits per heavy atom. The summed E-state index contributed by atoms with van der Waals surface area (Å²) < 4.78 is 17.9. The van der Waals surface area contributed by atoms with Crippen molar-refractivity contribution in [1.82, 2.24) is 0 Å². The first kappa shape index (κ1) is 11.1. The Kier molecular flexibility index (Phi) is 4.56. The van der Waals surface area contributed by atoms with Gasteiger partial charge in [-0.25, -0.2) is 4.39 Å². The summed E-state index contributed by atoms with van der Waals surface area (Å²) >= 11 is 0. The maximum absolute atomic E-state index is 12.5. The first-order chi connectivity index (χ1) is 6.72. The molecule has 0 aromatic heterocycles. The molecule has 0 saturated heterocycles. The van der Waals surface area contributed by atoms with Crippen LogP contribution in [0.2, 0.25) is 0 Å². The molecule has 3 heteroatoms. The van der Waals surface area contributed by atoms with Crippen LogP contribution >= 0.6 is 0 Å². The molecule has 1 atom stereocenters. The predicted molar refractivity (Wildman–Crippen MR) is 54.3 cm³/mol. The van der Waals surface area contributed by atoms with Crippen molar-refractivity contribution in [3.8, 4) is 0 Å². The SMILES string of the molecule is CC[C@H](N)COCc1ccc(F)cc1. The van der Waals surface area contributed by atoms with E-state index < -0.39 is 0 Å². The zero-order valence-electron chi connectivity index (χ0n) is 8.37. The largest absolute Gasteiger partial charge is 0.375 e. The molecule has 1 rings (SSSR count). The van der Waals surface area contributed by atoms with E-state index in [0.29, 0.717) is 13.2 Å². The van der Waals surface area contributed by atoms with E-state index >= 15 is 0 Å². The predicted octanol–water partition coefficient (Wildman–Crippen LogP) is 2.08. The fraction of sp³-hybridized carbons (Fsp3) is 0.455. The normalized spacial score (nSPS) is 12.8. The van der Waals surface area contributed by atoms with Gasteiger partial charge in [-0.1, -0.05) is 19.1 Å². The third-order valence-corrected chi connectivity index (χ3v) is 2.04. The van der Waals surface area contributed by atoms with Crippen LogP contribution in [0.3, 0.4) is 0 Å². The highest BCUT2D eigenvalue weighted by Gasteiger charge is 1.99. The van der Waals surface area contributed by atoms with Gasteiger partial charge in [0.25, 0.3) is 0 Å². The van der Waals surface area contributed by atoms with E-state index in [1.165, 1.54) is 12.1 Å². The smallest absolute Gasteiger partial charge is 0.123 e. The number of halogens is 1. The highest BCUT2D eigenvalue weighted by Crippen LogP contribution is 2.04. The fourth-order valence-corrected chi connectivity index (χ4v) is 1.03. The van der Waals surface area contributed by atoms with Crippen molar-refractivity contribution >= 4 is 0 Å². The van der Waals surface area contributed by atoms with E-state index in [2.05, 4.69) is 0 Å². The molecule has 14 heavy (non-hydrogen) atoms. The van der Waals surface area contributed by atoms with Crippen molar-refractivity contribution in [3.05, 3.63) is 35.6 Å². The lowest BCUT2D eigenvalue weighted by atomic mass is 10.2. The number of benzene rings is 1. The van der Waals surface area contributed by atoms with Crippen molar-refractivity contribution in [1.29, 1.82) is 0 Å². The molecular weight excluding hydrogens is 181 g/mol. The van der Waals surface area contributed by atoms with Gasteiger partial charge >= 0.3 is 0 Å². The third kappa shape index (κ3) is 3.85. The molecule has 78 valence electrons. The summed E-state index contributed by atoms with van der Waals surface area (Å²) in [7, 11) is 0. The molecule has 0 aliphatic carbocycles. The van der Waals surface area contributed by atoms with Gasteiger partial charge in [0.1, 0.15) is 5.82 Å². The minimum Gasteiger partial charge on any atom is -0.375 e. The second kappa shape index (κ2) is 5.73. The van der Waals surface area contributed by atoms with Crippen molar-refractivity contribution in [2.75, 3.05) is 6.61 Å². The number of hydrogen-bond acceptors (Lipinski definition) is 2. The molecule has 0 saturated carbocycles. The van der Waals surface area contributed by atoms with Crippen LogP contribution in [0.5, 0.6) is 0 Å². The molecule has 0 unspecified atom stereocenters. The van der Waals surface area contributed by atoms with Crippen LogP contribution in [0.25, 0.3) is 0 Å². The Labute approximate surface area is 83.9 Å². The average Bonchev–Trinajstić information content (AvgIpc) is 2.21. The maximum Gasteiger partial charge on any atom is 0.123 e. The quantitative estimate of drug-likeness (QED) is 0.784. The molecule has 0 fully saturated rings. The van der Waals surface area contributed by atoms with Gasteiger partial charge < -0.3 is 10.5 Å². The molecule has 1 aromatic carbocycles. The summed E-state index contributed by atoms with van der Waals surface area (Å²) in [5, 5.41) is 0. The lowest BCUT2D eigenvalue weighted by Gasteiger charge is -2.09. The number of rotatable bonds is 5. The molecule has 0 bridgehead atoms. The Balaban J connectivity index is 2.28. The van der Waals surface area contributed by atoms with E-state index in [9.17, 15) is 4.39 Å². The molecular formula is C11H16FNO. The summed E-state index contributed by atoms with van der Waals surface area (Å²) in [5.74, 6) is -0.223. The Bertz CT molecular complexity index is 260. The van der Waals surface area contributed by atoms with E-state index in [1.807, 2.05) is 6.92 Å². The monoisotopic (exact) mass is 197 g/mol. The van der Waals surface area contributed by atoms with Gasteiger partial charge in [0, 0.05) is 6.04 Å². The Morgan fingerprint density at radius 3 is 2.57 bits per heavy atom. The first-order valence-electron chi connectivity index (χ1n) is 4.80. The second-order valence-corrected chi connectivity index (χ2v) is 3.31. The molecule has 0 amide bonds. The molecule has 1 aromatic rings. The van der Waals surface area contributed by atoms with Crippen molar-refractivity contribution in [2.24, 2.45) is 5.73 Å². The van der Waals surface area contributed by atoms with Crippen LogP contribution in [0.15, 0.2) is 24.3 Å². The molecule has 2 N–H and O–H groups in total. The summed E-state index contributed by atoms with van der Waals surface area (Å²) in [5.41, 5.74) is 6.64. The minimum absolute atomic E-state index is 0.0930. The van der Waals surface area contributed by atoms with Gasteiger partial charge in [-0.3, -0.25) is 0 Å². The molecule has 0 spiro atoms. The average molecular weight is 197 g/mol. The number of nitrogens with two attached hydrogens (primary N) is 1. The zero-order valence-corrected chi connectivity index (χ0v) is 8.37. The third-order valence-electron chi connectivity index (χ3n) is 2.04.